The van der Waals surface area contributed by atoms with E-state index in [0.29, 0.717) is 29.2 Å². The smallest absolute Gasteiger partial charge is 0.259 e. The van der Waals surface area contributed by atoms with E-state index >= 15 is 0 Å². The monoisotopic (exact) mass is 374 g/mol. The fourth-order valence-corrected chi connectivity index (χ4v) is 3.60. The third kappa shape index (κ3) is 2.87. The molecule has 0 unspecified atom stereocenters. The molecule has 28 heavy (non-hydrogen) atoms. The van der Waals surface area contributed by atoms with Crippen LogP contribution in [0.4, 0.5) is 5.69 Å². The lowest BCUT2D eigenvalue weighted by Gasteiger charge is -2.23. The van der Waals surface area contributed by atoms with Crippen molar-refractivity contribution in [3.8, 4) is 11.5 Å². The number of para-hydroxylation sites is 1. The minimum atomic E-state index is -0.0758. The van der Waals surface area contributed by atoms with Crippen LogP contribution in [0.25, 0.3) is 22.5 Å². The van der Waals surface area contributed by atoms with Crippen molar-refractivity contribution in [3.05, 3.63) is 65.5 Å². The van der Waals surface area contributed by atoms with Gasteiger partial charge in [0.2, 0.25) is 0 Å². The average Bonchev–Trinajstić information content (AvgIpc) is 3.32. The van der Waals surface area contributed by atoms with Crippen molar-refractivity contribution in [2.24, 2.45) is 7.05 Å². The summed E-state index contributed by atoms with van der Waals surface area (Å²) in [6.45, 7) is 6.45. The minimum absolute atomic E-state index is 0.0758. The number of carbonyl (C=O) groups excluding carboxylic acids is 1. The van der Waals surface area contributed by atoms with E-state index in [1.807, 2.05) is 64.2 Å². The van der Waals surface area contributed by atoms with E-state index < -0.39 is 0 Å². The second-order valence-corrected chi connectivity index (χ2v) is 6.78. The number of carbonyl (C=O) groups is 1. The van der Waals surface area contributed by atoms with Crippen LogP contribution < -0.4 is 4.90 Å². The van der Waals surface area contributed by atoms with Gasteiger partial charge in [0.25, 0.3) is 5.91 Å². The Labute approximate surface area is 163 Å². The first-order valence-corrected chi connectivity index (χ1v) is 9.27. The van der Waals surface area contributed by atoms with Gasteiger partial charge in [-0.15, -0.1) is 0 Å². The Kier molecular flexibility index (Phi) is 4.47. The van der Waals surface area contributed by atoms with Crippen molar-refractivity contribution in [2.45, 2.75) is 20.8 Å². The summed E-state index contributed by atoms with van der Waals surface area (Å²) in [6, 6.07) is 13.4. The molecule has 3 heterocycles. The number of rotatable bonds is 4. The molecule has 0 saturated heterocycles. The van der Waals surface area contributed by atoms with Gasteiger partial charge in [-0.2, -0.15) is 5.10 Å². The highest BCUT2D eigenvalue weighted by Crippen LogP contribution is 2.30. The number of furan rings is 1. The number of benzene rings is 1. The molecule has 142 valence electrons. The number of nitrogens with zero attached hydrogens (tertiary/aromatic N) is 4. The van der Waals surface area contributed by atoms with Crippen molar-refractivity contribution >= 4 is 22.6 Å². The van der Waals surface area contributed by atoms with Gasteiger partial charge in [0.1, 0.15) is 5.69 Å². The highest BCUT2D eigenvalue weighted by Gasteiger charge is 2.24. The maximum atomic E-state index is 13.7. The van der Waals surface area contributed by atoms with Gasteiger partial charge in [-0.3, -0.25) is 9.48 Å². The summed E-state index contributed by atoms with van der Waals surface area (Å²) in [5.74, 6) is 0.543. The van der Waals surface area contributed by atoms with Gasteiger partial charge in [-0.05, 0) is 50.6 Å². The van der Waals surface area contributed by atoms with E-state index in [1.165, 1.54) is 0 Å². The van der Waals surface area contributed by atoms with Gasteiger partial charge in [0.15, 0.2) is 11.4 Å². The molecule has 4 aromatic rings. The van der Waals surface area contributed by atoms with Crippen LogP contribution in [0.1, 0.15) is 28.5 Å². The third-order valence-electron chi connectivity index (χ3n) is 4.94. The molecule has 1 amide bonds. The van der Waals surface area contributed by atoms with E-state index in [2.05, 4.69) is 5.10 Å². The summed E-state index contributed by atoms with van der Waals surface area (Å²) in [4.78, 5) is 20.1. The first kappa shape index (κ1) is 18.0. The lowest BCUT2D eigenvalue weighted by molar-refractivity contribution is 0.0989. The van der Waals surface area contributed by atoms with Gasteiger partial charge >= 0.3 is 0 Å². The second-order valence-electron chi connectivity index (χ2n) is 6.78. The van der Waals surface area contributed by atoms with Crippen molar-refractivity contribution in [1.29, 1.82) is 0 Å². The first-order valence-electron chi connectivity index (χ1n) is 9.27. The molecule has 0 radical (unpaired) electrons. The molecule has 0 saturated carbocycles. The van der Waals surface area contributed by atoms with Crippen molar-refractivity contribution in [1.82, 2.24) is 14.8 Å². The second kappa shape index (κ2) is 6.96. The molecule has 0 atom stereocenters. The number of amides is 1. The average molecular weight is 374 g/mol. The van der Waals surface area contributed by atoms with Gasteiger partial charge in [0.05, 0.1) is 22.9 Å². The van der Waals surface area contributed by atoms with Crippen LogP contribution in [0, 0.1) is 13.8 Å². The summed E-state index contributed by atoms with van der Waals surface area (Å²) in [5.41, 5.74) is 4.59. The molecule has 0 bridgehead atoms. The largest absolute Gasteiger partial charge is 0.463 e. The maximum Gasteiger partial charge on any atom is 0.259 e. The topological polar surface area (TPSA) is 64.2 Å². The normalized spacial score (nSPS) is 11.1. The Morgan fingerprint density at radius 1 is 1.18 bits per heavy atom. The molecule has 0 aliphatic carbocycles. The van der Waals surface area contributed by atoms with Crippen LogP contribution in [0.5, 0.6) is 0 Å². The van der Waals surface area contributed by atoms with Crippen LogP contribution in [-0.2, 0) is 7.05 Å². The molecule has 1 aromatic carbocycles. The Morgan fingerprint density at radius 3 is 2.64 bits per heavy atom. The molecule has 3 aromatic heterocycles. The summed E-state index contributed by atoms with van der Waals surface area (Å²) in [7, 11) is 1.83. The van der Waals surface area contributed by atoms with E-state index in [4.69, 9.17) is 9.40 Å². The number of anilines is 1. The summed E-state index contributed by atoms with van der Waals surface area (Å²) in [5, 5.41) is 5.26. The van der Waals surface area contributed by atoms with Gasteiger partial charge in [-0.25, -0.2) is 4.98 Å². The van der Waals surface area contributed by atoms with Gasteiger partial charge in [0, 0.05) is 19.3 Å². The summed E-state index contributed by atoms with van der Waals surface area (Å²) < 4.78 is 7.23. The molecule has 4 rings (SSSR count). The molecule has 0 fully saturated rings. The van der Waals surface area contributed by atoms with E-state index in [-0.39, 0.29) is 5.91 Å². The van der Waals surface area contributed by atoms with E-state index in [1.54, 1.807) is 21.9 Å². The van der Waals surface area contributed by atoms with Crippen LogP contribution >= 0.6 is 0 Å². The Hall–Kier alpha value is -3.41. The van der Waals surface area contributed by atoms with Crippen LogP contribution in [-0.4, -0.2) is 27.2 Å². The molecule has 0 aliphatic heterocycles. The first-order chi connectivity index (χ1) is 13.5. The van der Waals surface area contributed by atoms with Crippen LogP contribution in [0.3, 0.4) is 0 Å². The Morgan fingerprint density at radius 2 is 1.96 bits per heavy atom. The SMILES string of the molecule is CCN(C(=O)c1cc(-c2ccco2)nc2c1c(C)nn2C)c1ccccc1C. The van der Waals surface area contributed by atoms with E-state index in [9.17, 15) is 4.79 Å². The maximum absolute atomic E-state index is 13.7. The quantitative estimate of drug-likeness (QED) is 0.527. The van der Waals surface area contributed by atoms with Crippen molar-refractivity contribution in [3.63, 3.8) is 0 Å². The molecule has 6 nitrogen and oxygen atoms in total. The fourth-order valence-electron chi connectivity index (χ4n) is 3.60. The molecular formula is C22H22N4O2. The minimum Gasteiger partial charge on any atom is -0.463 e. The zero-order chi connectivity index (χ0) is 19.8. The lowest BCUT2D eigenvalue weighted by Crippen LogP contribution is -2.31. The van der Waals surface area contributed by atoms with Crippen molar-refractivity contribution in [2.75, 3.05) is 11.4 Å². The number of pyridine rings is 1. The fraction of sp³-hybridized carbons (Fsp3) is 0.227. The van der Waals surface area contributed by atoms with Gasteiger partial charge < -0.3 is 9.32 Å². The zero-order valence-corrected chi connectivity index (χ0v) is 16.4. The predicted octanol–water partition coefficient (Wildman–Crippen LogP) is 4.51. The number of hydrogen-bond acceptors (Lipinski definition) is 4. The number of hydrogen-bond donors (Lipinski definition) is 0. The number of aromatic nitrogens is 3. The van der Waals surface area contributed by atoms with E-state index in [0.717, 1.165) is 22.3 Å². The highest BCUT2D eigenvalue weighted by molar-refractivity contribution is 6.14. The standard InChI is InChI=1S/C22H22N4O2/c1-5-26(18-10-7-6-9-14(18)2)22(27)16-13-17(19-11-8-12-28-19)23-21-20(16)15(3)24-25(21)4/h6-13H,5H2,1-4H3. The highest BCUT2D eigenvalue weighted by atomic mass is 16.3. The molecule has 0 spiro atoms. The number of fused-ring (bicyclic) bond motifs is 1. The van der Waals surface area contributed by atoms with Crippen LogP contribution in [0.15, 0.2) is 53.1 Å². The van der Waals surface area contributed by atoms with Crippen LogP contribution in [0.2, 0.25) is 0 Å². The summed E-state index contributed by atoms with van der Waals surface area (Å²) in [6.07, 6.45) is 1.60. The van der Waals surface area contributed by atoms with Gasteiger partial charge in [-0.1, -0.05) is 18.2 Å². The molecular weight excluding hydrogens is 352 g/mol. The third-order valence-corrected chi connectivity index (χ3v) is 4.94. The Bertz CT molecular complexity index is 1160. The molecule has 6 heteroatoms. The Balaban J connectivity index is 1.94. The van der Waals surface area contributed by atoms with Crippen molar-refractivity contribution < 1.29 is 9.21 Å². The molecule has 0 aliphatic rings. The zero-order valence-electron chi connectivity index (χ0n) is 16.4. The molecule has 0 N–H and O–H groups in total. The lowest BCUT2D eigenvalue weighted by atomic mass is 10.1. The predicted molar refractivity (Wildman–Crippen MR) is 109 cm³/mol. The number of aryl methyl sites for hydroxylation is 3. The summed E-state index contributed by atoms with van der Waals surface area (Å²) >= 11 is 0.